The number of hydrogen-bond donors (Lipinski definition) is 1. The lowest BCUT2D eigenvalue weighted by Gasteiger charge is -2.22. The predicted molar refractivity (Wildman–Crippen MR) is 81.1 cm³/mol. The average molecular weight is 274 g/mol. The van der Waals surface area contributed by atoms with E-state index in [1.807, 2.05) is 18.2 Å². The molecule has 0 fully saturated rings. The van der Waals surface area contributed by atoms with Crippen LogP contribution in [0, 0.1) is 12.8 Å². The van der Waals surface area contributed by atoms with E-state index in [1.54, 1.807) is 0 Å². The van der Waals surface area contributed by atoms with Crippen molar-refractivity contribution in [1.82, 2.24) is 0 Å². The van der Waals surface area contributed by atoms with Crippen LogP contribution in [0.15, 0.2) is 24.3 Å². The smallest absolute Gasteiger partial charge is 0.0684 e. The van der Waals surface area contributed by atoms with Gasteiger partial charge in [-0.25, -0.2) is 0 Å². The third-order valence-corrected chi connectivity index (χ3v) is 4.66. The van der Waals surface area contributed by atoms with E-state index in [0.29, 0.717) is 17.5 Å². The molecule has 0 saturated carbocycles. The summed E-state index contributed by atoms with van der Waals surface area (Å²) in [7, 11) is 0. The Bertz CT molecular complexity index is 633. The molecule has 1 nitrogen and oxygen atoms in total. The first kappa shape index (κ1) is 12.7. The highest BCUT2D eigenvalue weighted by Gasteiger charge is 2.24. The second-order valence-corrected chi connectivity index (χ2v) is 5.68. The zero-order valence-corrected chi connectivity index (χ0v) is 12.1. The van der Waals surface area contributed by atoms with Crippen LogP contribution in [0.4, 0.5) is 0 Å². The molecule has 0 spiro atoms. The van der Waals surface area contributed by atoms with Gasteiger partial charge in [-0.1, -0.05) is 54.8 Å². The molecule has 1 atom stereocenters. The fraction of sp³-hybridized carbons (Fsp3) is 0.353. The third kappa shape index (κ3) is 1.80. The van der Waals surface area contributed by atoms with Gasteiger partial charge in [0.05, 0.1) is 5.75 Å². The highest BCUT2D eigenvalue weighted by molar-refractivity contribution is 6.18. The van der Waals surface area contributed by atoms with Crippen LogP contribution in [-0.4, -0.2) is 11.0 Å². The van der Waals surface area contributed by atoms with Gasteiger partial charge in [-0.15, -0.1) is 23.2 Å². The minimum atomic E-state index is 0.385. The maximum atomic E-state index is 10.3. The predicted octanol–water partition coefficient (Wildman–Crippen LogP) is 4.91. The third-order valence-electron chi connectivity index (χ3n) is 4.28. The number of phenols is 1. The van der Waals surface area contributed by atoms with Gasteiger partial charge in [0.25, 0.3) is 0 Å². The molecule has 3 rings (SSSR count). The minimum Gasteiger partial charge on any atom is -0.520 e. The molecular weight excluding hydrogens is 256 g/mol. The maximum absolute atomic E-state index is 10.3. The van der Waals surface area contributed by atoms with Crippen molar-refractivity contribution < 1.29 is 5.11 Å². The van der Waals surface area contributed by atoms with E-state index in [9.17, 15) is 5.11 Å². The van der Waals surface area contributed by atoms with Gasteiger partial charge in [0, 0.05) is 5.88 Å². The molecule has 100 valence electrons. The normalized spacial score (nSPS) is 18.1. The monoisotopic (exact) mass is 273 g/mol. The van der Waals surface area contributed by atoms with Crippen molar-refractivity contribution in [3.05, 3.63) is 46.9 Å². The van der Waals surface area contributed by atoms with Crippen molar-refractivity contribution in [3.8, 4) is 5.75 Å². The quantitative estimate of drug-likeness (QED) is 0.609. The van der Waals surface area contributed by atoms with Crippen LogP contribution in [0.2, 0.25) is 0 Å². The Morgan fingerprint density at radius 3 is 2.89 bits per heavy atom. The van der Waals surface area contributed by atoms with E-state index in [2.05, 4.69) is 19.9 Å². The van der Waals surface area contributed by atoms with Crippen molar-refractivity contribution in [1.29, 1.82) is 0 Å². The van der Waals surface area contributed by atoms with E-state index < -0.39 is 0 Å². The Hall–Kier alpha value is -1.34. The summed E-state index contributed by atoms with van der Waals surface area (Å²) in [6.45, 7) is 4.28. The molecule has 0 saturated heterocycles. The lowest BCUT2D eigenvalue weighted by atomic mass is 9.91. The highest BCUT2D eigenvalue weighted by Crippen LogP contribution is 2.49. The second kappa shape index (κ2) is 4.64. The number of benzene rings is 2. The van der Waals surface area contributed by atoms with Crippen LogP contribution >= 0.6 is 11.6 Å². The molecule has 1 aliphatic carbocycles. The zero-order chi connectivity index (χ0) is 13.6. The molecular formula is C17H18ClO-. The van der Waals surface area contributed by atoms with Crippen LogP contribution in [0.25, 0.3) is 10.8 Å². The van der Waals surface area contributed by atoms with Gasteiger partial charge >= 0.3 is 0 Å². The van der Waals surface area contributed by atoms with E-state index in [4.69, 9.17) is 11.6 Å². The van der Waals surface area contributed by atoms with Crippen LogP contribution in [-0.2, 0) is 0 Å². The van der Waals surface area contributed by atoms with Gasteiger partial charge in [-0.2, -0.15) is 11.5 Å². The standard InChI is InChI=1S/C17H18ClO/c1-3-11-7-12(9-18)17-14(11)8-15(19)13-6-4-5-10(2)16(13)17/h4-6,8,12,19H,3,7,9H2,1-2H3/q-1. The first-order valence-electron chi connectivity index (χ1n) is 6.83. The number of halogens is 1. The molecule has 0 aliphatic heterocycles. The van der Waals surface area contributed by atoms with Crippen molar-refractivity contribution in [3.63, 3.8) is 0 Å². The van der Waals surface area contributed by atoms with Gasteiger partial charge in [-0.05, 0) is 12.3 Å². The zero-order valence-electron chi connectivity index (χ0n) is 11.3. The minimum absolute atomic E-state index is 0.385. The van der Waals surface area contributed by atoms with Crippen LogP contribution in [0.1, 0.15) is 42.4 Å². The maximum Gasteiger partial charge on any atom is 0.0684 e. The van der Waals surface area contributed by atoms with Crippen LogP contribution < -0.4 is 0 Å². The summed E-state index contributed by atoms with van der Waals surface area (Å²) in [5, 5.41) is 12.4. The molecule has 0 heterocycles. The van der Waals surface area contributed by atoms with Crippen LogP contribution in [0.5, 0.6) is 5.75 Å². The Kier molecular flexibility index (Phi) is 3.10. The van der Waals surface area contributed by atoms with E-state index >= 15 is 0 Å². The van der Waals surface area contributed by atoms with Crippen molar-refractivity contribution in [2.75, 3.05) is 5.88 Å². The van der Waals surface area contributed by atoms with E-state index in [-0.39, 0.29) is 0 Å². The van der Waals surface area contributed by atoms with Gasteiger partial charge in [0.1, 0.15) is 0 Å². The van der Waals surface area contributed by atoms with Crippen molar-refractivity contribution >= 4 is 22.4 Å². The molecule has 2 aromatic carbocycles. The van der Waals surface area contributed by atoms with Gasteiger partial charge in [-0.3, -0.25) is 0 Å². The average Bonchev–Trinajstić information content (AvgIpc) is 2.77. The second-order valence-electron chi connectivity index (χ2n) is 5.37. The first-order valence-corrected chi connectivity index (χ1v) is 7.37. The Balaban J connectivity index is 2.39. The fourth-order valence-corrected chi connectivity index (χ4v) is 3.62. The molecule has 19 heavy (non-hydrogen) atoms. The van der Waals surface area contributed by atoms with Crippen LogP contribution in [0.3, 0.4) is 0 Å². The van der Waals surface area contributed by atoms with Crippen molar-refractivity contribution in [2.45, 2.75) is 32.6 Å². The number of aromatic hydroxyl groups is 1. The molecule has 0 amide bonds. The number of aryl methyl sites for hydroxylation is 1. The molecule has 0 radical (unpaired) electrons. The molecule has 1 unspecified atom stereocenters. The lowest BCUT2D eigenvalue weighted by molar-refractivity contribution is 0.481. The van der Waals surface area contributed by atoms with Gasteiger partial charge < -0.3 is 5.11 Å². The number of rotatable bonds is 2. The summed E-state index contributed by atoms with van der Waals surface area (Å²) in [6.07, 6.45) is 2.05. The Morgan fingerprint density at radius 1 is 1.42 bits per heavy atom. The molecule has 1 N–H and O–H groups in total. The van der Waals surface area contributed by atoms with E-state index in [0.717, 1.165) is 18.2 Å². The summed E-state index contributed by atoms with van der Waals surface area (Å²) in [6, 6.07) is 8.03. The molecule has 2 heteroatoms. The largest absolute Gasteiger partial charge is 0.520 e. The summed E-state index contributed by atoms with van der Waals surface area (Å²) in [5.74, 6) is 2.83. The molecule has 2 aromatic rings. The number of phenolic OH excluding ortho intramolecular Hbond substituents is 1. The van der Waals surface area contributed by atoms with Crippen molar-refractivity contribution in [2.24, 2.45) is 0 Å². The molecule has 0 bridgehead atoms. The molecule has 1 aliphatic rings. The molecule has 0 aromatic heterocycles. The fourth-order valence-electron chi connectivity index (χ4n) is 3.36. The van der Waals surface area contributed by atoms with Gasteiger partial charge in [0.15, 0.2) is 0 Å². The Morgan fingerprint density at radius 2 is 2.21 bits per heavy atom. The topological polar surface area (TPSA) is 20.2 Å². The summed E-state index contributed by atoms with van der Waals surface area (Å²) in [5.41, 5.74) is 3.79. The highest BCUT2D eigenvalue weighted by atomic mass is 35.5. The summed E-state index contributed by atoms with van der Waals surface area (Å²) in [4.78, 5) is 0. The summed E-state index contributed by atoms with van der Waals surface area (Å²) < 4.78 is 0. The number of hydrogen-bond acceptors (Lipinski definition) is 1. The SMILES string of the molecule is CC[C-]1CC(CCl)c2c1cc(O)c1cccc(C)c21. The van der Waals surface area contributed by atoms with E-state index in [1.165, 1.54) is 28.0 Å². The Labute approximate surface area is 119 Å². The van der Waals surface area contributed by atoms with Gasteiger partial charge in [0.2, 0.25) is 0 Å². The summed E-state index contributed by atoms with van der Waals surface area (Å²) >= 11 is 6.17. The number of fused-ring (bicyclic) bond motifs is 3. The lowest BCUT2D eigenvalue weighted by Crippen LogP contribution is -1.97. The first-order chi connectivity index (χ1) is 9.17. The number of alkyl halides is 1.